The summed E-state index contributed by atoms with van der Waals surface area (Å²) in [5.74, 6) is 3.37. The Kier molecular flexibility index (Phi) is 11.9. The van der Waals surface area contributed by atoms with Gasteiger partial charge in [-0.15, -0.1) is 0 Å². The van der Waals surface area contributed by atoms with Crippen LogP contribution >= 0.6 is 23.2 Å². The van der Waals surface area contributed by atoms with Gasteiger partial charge in [0.05, 0.1) is 34.7 Å². The zero-order valence-electron chi connectivity index (χ0n) is 38.2. The molecule has 6 heterocycles. The highest BCUT2D eigenvalue weighted by Crippen LogP contribution is 2.64. The fourth-order valence-corrected chi connectivity index (χ4v) is 12.4. The van der Waals surface area contributed by atoms with Gasteiger partial charge in [-0.1, -0.05) is 67.1 Å². The standard InChI is InChI=1S/C51H54Cl2FN7O7/c1-49(2)19-21-50(22-20-49)51(33-12-10-30(52)26-35(33)56-47(51)66)41(32-5-4-6-34(53)42(32)54)43(58-50)45(64)55-31-11-15-39(68-27-31)46(65)60-23-17-28(18-24-60)7-8-29-9-13-36-38(25-29)59(3)48(67)61(36)37-14-16-40(62)57-44(37)63/h4-6,9-10,12-13,25-26,28,31,37,39,41,43,58H,11,14-24,27H2,1-3H3,(H,55,64)(H,56,66)(H,57,62,63)/t31-,37?,39+,41-,43+,51+/m0/s1. The number of anilines is 1. The summed E-state index contributed by atoms with van der Waals surface area (Å²) in [5.41, 5.74) is 0.715. The predicted octanol–water partition coefficient (Wildman–Crippen LogP) is 6.00. The number of ether oxygens (including phenoxy) is 1. The van der Waals surface area contributed by atoms with Gasteiger partial charge in [0.2, 0.25) is 23.6 Å². The molecule has 1 aromatic heterocycles. The van der Waals surface area contributed by atoms with E-state index in [-0.39, 0.29) is 70.7 Å². The summed E-state index contributed by atoms with van der Waals surface area (Å²) in [6, 6.07) is 13.2. The molecule has 1 unspecified atom stereocenters. The van der Waals surface area contributed by atoms with Gasteiger partial charge in [0.1, 0.15) is 23.4 Å². The Morgan fingerprint density at radius 2 is 1.66 bits per heavy atom. The number of aromatic nitrogens is 2. The maximum atomic E-state index is 16.4. The smallest absolute Gasteiger partial charge is 0.329 e. The third kappa shape index (κ3) is 7.72. The zero-order chi connectivity index (χ0) is 47.9. The van der Waals surface area contributed by atoms with Crippen LogP contribution in [0.3, 0.4) is 0 Å². The van der Waals surface area contributed by atoms with Gasteiger partial charge >= 0.3 is 5.69 Å². The van der Waals surface area contributed by atoms with E-state index in [0.29, 0.717) is 78.9 Å². The molecule has 5 fully saturated rings. The molecule has 4 N–H and O–H groups in total. The SMILES string of the molecule is Cn1c(=O)n(C2CCC(=O)NC2=O)c2ccc(C#CC3CCN(C(=O)[C@H]4CC[C@H](NC(=O)[C@@H]5NC6(CCC(C)(C)CC6)[C@@]6(C(=O)Nc7cc(Cl)ccc76)[C@H]5c5cccc(Cl)c5F)CO4)CC3)cc21. The molecule has 1 saturated carbocycles. The Bertz CT molecular complexity index is 2900. The number of amides is 5. The van der Waals surface area contributed by atoms with Crippen molar-refractivity contribution in [1.29, 1.82) is 0 Å². The number of aryl methyl sites for hydroxylation is 1. The van der Waals surface area contributed by atoms with Crippen molar-refractivity contribution in [1.82, 2.24) is 30.0 Å². The van der Waals surface area contributed by atoms with Crippen LogP contribution in [0, 0.1) is 29.0 Å². The number of hydrogen-bond acceptors (Lipinski definition) is 8. The van der Waals surface area contributed by atoms with E-state index in [2.05, 4.69) is 47.0 Å². The molecular weight excluding hydrogens is 913 g/mol. The van der Waals surface area contributed by atoms with Crippen molar-refractivity contribution in [2.24, 2.45) is 18.4 Å². The number of benzene rings is 3. The lowest BCUT2D eigenvalue weighted by molar-refractivity contribution is -0.149. The summed E-state index contributed by atoms with van der Waals surface area (Å²) in [5, 5.41) is 12.6. The van der Waals surface area contributed by atoms with E-state index in [0.717, 1.165) is 18.4 Å². The molecule has 0 bridgehead atoms. The van der Waals surface area contributed by atoms with Crippen LogP contribution in [0.25, 0.3) is 11.0 Å². The molecule has 6 aliphatic rings. The summed E-state index contributed by atoms with van der Waals surface area (Å²) in [7, 11) is 1.65. The van der Waals surface area contributed by atoms with Crippen LogP contribution in [0.4, 0.5) is 10.1 Å². The average molecular weight is 967 g/mol. The van der Waals surface area contributed by atoms with Crippen molar-refractivity contribution in [2.75, 3.05) is 25.0 Å². The van der Waals surface area contributed by atoms with Gasteiger partial charge in [-0.3, -0.25) is 43.7 Å². The number of halogens is 3. The summed E-state index contributed by atoms with van der Waals surface area (Å²) in [6.45, 7) is 5.53. The highest BCUT2D eigenvalue weighted by Gasteiger charge is 2.73. The van der Waals surface area contributed by atoms with Crippen molar-refractivity contribution in [3.63, 3.8) is 0 Å². The fourth-order valence-electron chi connectivity index (χ4n) is 12.1. The first-order valence-electron chi connectivity index (χ1n) is 23.6. The van der Waals surface area contributed by atoms with E-state index < -0.39 is 52.8 Å². The normalized spacial score (nSPS) is 27.7. The van der Waals surface area contributed by atoms with Crippen molar-refractivity contribution in [3.05, 3.63) is 97.6 Å². The first-order chi connectivity index (χ1) is 32.5. The van der Waals surface area contributed by atoms with Gasteiger partial charge in [-0.25, -0.2) is 9.18 Å². The molecule has 4 saturated heterocycles. The van der Waals surface area contributed by atoms with E-state index in [4.69, 9.17) is 27.9 Å². The summed E-state index contributed by atoms with van der Waals surface area (Å²) < 4.78 is 25.5. The second-order valence-corrected chi connectivity index (χ2v) is 21.1. The Balaban J connectivity index is 0.800. The minimum Gasteiger partial charge on any atom is -0.366 e. The van der Waals surface area contributed by atoms with Crippen molar-refractivity contribution < 1.29 is 33.1 Å². The third-order valence-corrected chi connectivity index (χ3v) is 16.3. The Labute approximate surface area is 403 Å². The van der Waals surface area contributed by atoms with Crippen LogP contribution in [0.1, 0.15) is 107 Å². The molecule has 2 spiro atoms. The van der Waals surface area contributed by atoms with E-state index in [9.17, 15) is 28.8 Å². The van der Waals surface area contributed by atoms with Crippen LogP contribution in [0.5, 0.6) is 0 Å². The van der Waals surface area contributed by atoms with Crippen LogP contribution < -0.4 is 27.0 Å². The van der Waals surface area contributed by atoms with E-state index >= 15 is 4.39 Å². The number of imidazole rings is 1. The van der Waals surface area contributed by atoms with Gasteiger partial charge in [0.15, 0.2) is 0 Å². The lowest BCUT2D eigenvalue weighted by Gasteiger charge is -2.50. The third-order valence-electron chi connectivity index (χ3n) is 15.8. The molecule has 14 nitrogen and oxygen atoms in total. The number of carbonyl (C=O) groups excluding carboxylic acids is 5. The molecule has 0 radical (unpaired) electrons. The Morgan fingerprint density at radius 3 is 2.38 bits per heavy atom. The highest BCUT2D eigenvalue weighted by atomic mass is 35.5. The Hall–Kier alpha value is -5.53. The molecule has 17 heteroatoms. The molecule has 6 atom stereocenters. The molecule has 5 amide bonds. The van der Waals surface area contributed by atoms with E-state index in [1.165, 1.54) is 15.2 Å². The van der Waals surface area contributed by atoms with Gasteiger partial charge in [-0.2, -0.15) is 0 Å². The van der Waals surface area contributed by atoms with Crippen molar-refractivity contribution in [3.8, 4) is 11.8 Å². The van der Waals surface area contributed by atoms with E-state index in [1.807, 2.05) is 23.1 Å². The number of piperidine rings is 2. The molecule has 4 aromatic rings. The summed E-state index contributed by atoms with van der Waals surface area (Å²) in [6.07, 6.45) is 4.67. The minimum atomic E-state index is -1.37. The summed E-state index contributed by atoms with van der Waals surface area (Å²) in [4.78, 5) is 82.8. The molecule has 5 aliphatic heterocycles. The zero-order valence-corrected chi connectivity index (χ0v) is 39.7. The number of nitrogens with one attached hydrogen (secondary N) is 4. The van der Waals surface area contributed by atoms with Gasteiger partial charge in [0, 0.05) is 60.2 Å². The predicted molar refractivity (Wildman–Crippen MR) is 254 cm³/mol. The van der Waals surface area contributed by atoms with Crippen LogP contribution in [0.2, 0.25) is 10.0 Å². The second kappa shape index (κ2) is 17.5. The average Bonchev–Trinajstić information content (AvgIpc) is 3.88. The van der Waals surface area contributed by atoms with Crippen molar-refractivity contribution >= 4 is 69.5 Å². The molecule has 356 valence electrons. The van der Waals surface area contributed by atoms with Crippen molar-refractivity contribution in [2.45, 2.75) is 119 Å². The maximum absolute atomic E-state index is 16.4. The minimum absolute atomic E-state index is 0.000353. The molecule has 3 aromatic carbocycles. The molecule has 10 rings (SSSR count). The van der Waals surface area contributed by atoms with Gasteiger partial charge in [0.25, 0.3) is 5.91 Å². The van der Waals surface area contributed by atoms with Crippen LogP contribution in [0.15, 0.2) is 59.4 Å². The number of carbonyl (C=O) groups is 5. The van der Waals surface area contributed by atoms with Crippen LogP contribution in [-0.2, 0) is 41.2 Å². The highest BCUT2D eigenvalue weighted by molar-refractivity contribution is 6.31. The molecular formula is C51H54Cl2FN7O7. The number of hydrogen-bond donors (Lipinski definition) is 4. The first-order valence-corrected chi connectivity index (χ1v) is 24.4. The van der Waals surface area contributed by atoms with Gasteiger partial charge in [-0.05, 0) is 111 Å². The fraction of sp³-hybridized carbons (Fsp3) is 0.490. The second-order valence-electron chi connectivity index (χ2n) is 20.3. The summed E-state index contributed by atoms with van der Waals surface area (Å²) >= 11 is 12.9. The number of imide groups is 1. The largest absolute Gasteiger partial charge is 0.366 e. The number of fused-ring (bicyclic) bond motifs is 4. The quantitative estimate of drug-likeness (QED) is 0.139. The topological polar surface area (TPSA) is 173 Å². The lowest BCUT2D eigenvalue weighted by atomic mass is 9.53. The van der Waals surface area contributed by atoms with Crippen LogP contribution in [-0.4, -0.2) is 87.0 Å². The molecule has 1 aliphatic carbocycles. The monoisotopic (exact) mass is 965 g/mol. The van der Waals surface area contributed by atoms with E-state index in [1.54, 1.807) is 37.4 Å². The number of likely N-dealkylation sites (tertiary alicyclic amines) is 1. The number of nitrogens with zero attached hydrogens (tertiary/aromatic N) is 3. The molecule has 68 heavy (non-hydrogen) atoms. The van der Waals surface area contributed by atoms with Gasteiger partial charge < -0.3 is 20.3 Å². The lowest BCUT2D eigenvalue weighted by Crippen LogP contribution is -2.61. The first kappa shape index (κ1) is 46.2. The maximum Gasteiger partial charge on any atom is 0.329 e. The Morgan fingerprint density at radius 1 is 0.897 bits per heavy atom. The number of rotatable bonds is 5.